The highest BCUT2D eigenvalue weighted by Gasteiger charge is 2.31. The molecule has 0 spiro atoms. The van der Waals surface area contributed by atoms with Crippen LogP contribution in [0.2, 0.25) is 5.02 Å². The molecule has 1 aromatic heterocycles. The summed E-state index contributed by atoms with van der Waals surface area (Å²) >= 11 is 5.91. The minimum absolute atomic E-state index is 0.0429. The van der Waals surface area contributed by atoms with Gasteiger partial charge in [0.05, 0.1) is 12.2 Å². The minimum atomic E-state index is -0.172. The van der Waals surface area contributed by atoms with Crippen molar-refractivity contribution < 1.29 is 14.3 Å². The summed E-state index contributed by atoms with van der Waals surface area (Å²) in [6, 6.07) is 5.24. The lowest BCUT2D eigenvalue weighted by Gasteiger charge is -2.19. The average molecular weight is 350 g/mol. The van der Waals surface area contributed by atoms with Crippen LogP contribution in [0, 0.1) is 6.92 Å². The molecule has 1 aliphatic rings. The van der Waals surface area contributed by atoms with E-state index in [4.69, 9.17) is 21.1 Å². The van der Waals surface area contributed by atoms with E-state index in [9.17, 15) is 4.79 Å². The lowest BCUT2D eigenvalue weighted by Crippen LogP contribution is -2.39. The van der Waals surface area contributed by atoms with Crippen molar-refractivity contribution in [3.8, 4) is 5.75 Å². The normalized spacial score (nSPS) is 20.1. The third-order valence-electron chi connectivity index (χ3n) is 3.99. The van der Waals surface area contributed by atoms with Crippen LogP contribution >= 0.6 is 11.6 Å². The van der Waals surface area contributed by atoms with Crippen LogP contribution in [0.15, 0.2) is 30.6 Å². The molecule has 1 N–H and O–H groups in total. The molecule has 0 radical (unpaired) electrons. The van der Waals surface area contributed by atoms with Gasteiger partial charge in [-0.2, -0.15) is 5.10 Å². The predicted octanol–water partition coefficient (Wildman–Crippen LogP) is 2.41. The lowest BCUT2D eigenvalue weighted by molar-refractivity contribution is -0.124. The SMILES string of the molecule is Cc1cc(Cl)ccc1OCC(=O)N[C@H]1CCO[C@@H]1c1cnn(C)c1. The van der Waals surface area contributed by atoms with Crippen LogP contribution in [0.3, 0.4) is 0 Å². The molecule has 7 heteroatoms. The van der Waals surface area contributed by atoms with E-state index in [1.807, 2.05) is 20.2 Å². The first-order chi connectivity index (χ1) is 11.5. The molecule has 0 unspecified atom stereocenters. The van der Waals surface area contributed by atoms with Gasteiger partial charge in [0.25, 0.3) is 5.91 Å². The highest BCUT2D eigenvalue weighted by Crippen LogP contribution is 2.28. The Kier molecular flexibility index (Phi) is 5.06. The average Bonchev–Trinajstić information content (AvgIpc) is 3.15. The monoisotopic (exact) mass is 349 g/mol. The van der Waals surface area contributed by atoms with Gasteiger partial charge in [-0.3, -0.25) is 9.48 Å². The van der Waals surface area contributed by atoms with Gasteiger partial charge in [0.1, 0.15) is 11.9 Å². The molecule has 0 aliphatic carbocycles. The second-order valence-corrected chi connectivity index (χ2v) is 6.34. The van der Waals surface area contributed by atoms with Crippen molar-refractivity contribution in [3.05, 3.63) is 46.7 Å². The maximum Gasteiger partial charge on any atom is 0.258 e. The van der Waals surface area contributed by atoms with Crippen LogP contribution in [0.5, 0.6) is 5.75 Å². The van der Waals surface area contributed by atoms with Gasteiger partial charge < -0.3 is 14.8 Å². The quantitative estimate of drug-likeness (QED) is 0.900. The summed E-state index contributed by atoms with van der Waals surface area (Å²) in [6.45, 7) is 2.46. The summed E-state index contributed by atoms with van der Waals surface area (Å²) in [7, 11) is 1.86. The number of halogens is 1. The van der Waals surface area contributed by atoms with E-state index in [1.54, 1.807) is 29.1 Å². The van der Waals surface area contributed by atoms with Crippen molar-refractivity contribution in [2.45, 2.75) is 25.5 Å². The maximum atomic E-state index is 12.2. The second kappa shape index (κ2) is 7.23. The molecule has 24 heavy (non-hydrogen) atoms. The number of aryl methyl sites for hydroxylation is 2. The molecule has 2 aromatic rings. The van der Waals surface area contributed by atoms with Crippen molar-refractivity contribution in [1.29, 1.82) is 0 Å². The number of rotatable bonds is 5. The first kappa shape index (κ1) is 16.8. The van der Waals surface area contributed by atoms with Gasteiger partial charge in [-0.05, 0) is 37.1 Å². The standard InChI is InChI=1S/C17H20ClN3O3/c1-11-7-13(18)3-4-15(11)24-10-16(22)20-14-5-6-23-17(14)12-8-19-21(2)9-12/h3-4,7-9,14,17H,5-6,10H2,1-2H3,(H,20,22)/t14-,17+/m0/s1. The zero-order valence-electron chi connectivity index (χ0n) is 13.7. The van der Waals surface area contributed by atoms with E-state index in [1.165, 1.54) is 0 Å². The molecule has 6 nitrogen and oxygen atoms in total. The Hall–Kier alpha value is -2.05. The molecule has 0 bridgehead atoms. The third kappa shape index (κ3) is 3.88. The molecule has 2 atom stereocenters. The Morgan fingerprint density at radius 2 is 2.38 bits per heavy atom. The minimum Gasteiger partial charge on any atom is -0.484 e. The van der Waals surface area contributed by atoms with Crippen LogP contribution in [0.25, 0.3) is 0 Å². The van der Waals surface area contributed by atoms with Crippen LogP contribution in [-0.4, -0.2) is 34.9 Å². The fourth-order valence-corrected chi connectivity index (χ4v) is 3.05. The van der Waals surface area contributed by atoms with Gasteiger partial charge in [0.2, 0.25) is 0 Å². The summed E-state index contributed by atoms with van der Waals surface area (Å²) in [6.07, 6.45) is 4.27. The van der Waals surface area contributed by atoms with E-state index in [0.29, 0.717) is 17.4 Å². The first-order valence-electron chi connectivity index (χ1n) is 7.81. The number of amides is 1. The molecule has 0 saturated carbocycles. The van der Waals surface area contributed by atoms with E-state index < -0.39 is 0 Å². The number of ether oxygens (including phenoxy) is 2. The molecule has 128 valence electrons. The topological polar surface area (TPSA) is 65.4 Å². The zero-order chi connectivity index (χ0) is 17.1. The lowest BCUT2D eigenvalue weighted by atomic mass is 10.1. The highest BCUT2D eigenvalue weighted by molar-refractivity contribution is 6.30. The van der Waals surface area contributed by atoms with Crippen molar-refractivity contribution in [1.82, 2.24) is 15.1 Å². The van der Waals surface area contributed by atoms with Crippen LogP contribution in [-0.2, 0) is 16.6 Å². The molecular formula is C17H20ClN3O3. The van der Waals surface area contributed by atoms with Gasteiger partial charge >= 0.3 is 0 Å². The Morgan fingerprint density at radius 3 is 3.08 bits per heavy atom. The van der Waals surface area contributed by atoms with Gasteiger partial charge in [0.15, 0.2) is 6.61 Å². The van der Waals surface area contributed by atoms with Gasteiger partial charge in [-0.1, -0.05) is 11.6 Å². The molecular weight excluding hydrogens is 330 g/mol. The summed E-state index contributed by atoms with van der Waals surface area (Å²) in [5, 5.41) is 7.79. The van der Waals surface area contributed by atoms with Crippen molar-refractivity contribution in [2.24, 2.45) is 7.05 Å². The zero-order valence-corrected chi connectivity index (χ0v) is 14.4. The fraction of sp³-hybridized carbons (Fsp3) is 0.412. The summed E-state index contributed by atoms with van der Waals surface area (Å²) in [5.74, 6) is 0.481. The Bertz CT molecular complexity index is 732. The third-order valence-corrected chi connectivity index (χ3v) is 4.22. The number of carbonyl (C=O) groups is 1. The van der Waals surface area contributed by atoms with Crippen molar-refractivity contribution >= 4 is 17.5 Å². The largest absolute Gasteiger partial charge is 0.484 e. The molecule has 1 amide bonds. The van der Waals surface area contributed by atoms with Gasteiger partial charge in [-0.25, -0.2) is 0 Å². The van der Waals surface area contributed by atoms with Gasteiger partial charge in [0, 0.05) is 30.4 Å². The van der Waals surface area contributed by atoms with Crippen LogP contribution in [0.4, 0.5) is 0 Å². The fourth-order valence-electron chi connectivity index (χ4n) is 2.82. The van der Waals surface area contributed by atoms with E-state index in [0.717, 1.165) is 17.5 Å². The number of hydrogen-bond acceptors (Lipinski definition) is 4. The Morgan fingerprint density at radius 1 is 1.54 bits per heavy atom. The second-order valence-electron chi connectivity index (χ2n) is 5.90. The van der Waals surface area contributed by atoms with Crippen LogP contribution in [0.1, 0.15) is 23.7 Å². The number of aromatic nitrogens is 2. The molecule has 1 aliphatic heterocycles. The first-order valence-corrected chi connectivity index (χ1v) is 8.19. The molecule has 1 fully saturated rings. The van der Waals surface area contributed by atoms with Crippen LogP contribution < -0.4 is 10.1 Å². The number of nitrogens with zero attached hydrogens (tertiary/aromatic N) is 2. The molecule has 2 heterocycles. The molecule has 1 saturated heterocycles. The highest BCUT2D eigenvalue weighted by atomic mass is 35.5. The maximum absolute atomic E-state index is 12.2. The van der Waals surface area contributed by atoms with E-state index in [2.05, 4.69) is 10.4 Å². The van der Waals surface area contributed by atoms with Crippen molar-refractivity contribution in [3.63, 3.8) is 0 Å². The number of hydrogen-bond donors (Lipinski definition) is 1. The molecule has 1 aromatic carbocycles. The summed E-state index contributed by atoms with van der Waals surface area (Å²) < 4.78 is 13.0. The van der Waals surface area contributed by atoms with E-state index in [-0.39, 0.29) is 24.7 Å². The summed E-state index contributed by atoms with van der Waals surface area (Å²) in [5.41, 5.74) is 1.86. The van der Waals surface area contributed by atoms with Crippen molar-refractivity contribution in [2.75, 3.05) is 13.2 Å². The number of carbonyl (C=O) groups excluding carboxylic acids is 1. The summed E-state index contributed by atoms with van der Waals surface area (Å²) in [4.78, 5) is 12.2. The van der Waals surface area contributed by atoms with E-state index >= 15 is 0 Å². The Labute approximate surface area is 145 Å². The number of nitrogens with one attached hydrogen (secondary N) is 1. The van der Waals surface area contributed by atoms with Gasteiger partial charge in [-0.15, -0.1) is 0 Å². The molecule has 3 rings (SSSR count). The Balaban J connectivity index is 1.56. The number of benzene rings is 1. The smallest absolute Gasteiger partial charge is 0.258 e. The predicted molar refractivity (Wildman–Crippen MR) is 90.1 cm³/mol.